The van der Waals surface area contributed by atoms with Gasteiger partial charge >= 0.3 is 0 Å². The highest BCUT2D eigenvalue weighted by atomic mass is 35.5. The van der Waals surface area contributed by atoms with Gasteiger partial charge in [-0.05, 0) is 44.5 Å². The summed E-state index contributed by atoms with van der Waals surface area (Å²) in [5.41, 5.74) is 5.03. The Morgan fingerprint density at radius 1 is 1.21 bits per heavy atom. The largest absolute Gasteiger partial charge is 0.335 e. The average molecular weight is 396 g/mol. The van der Waals surface area contributed by atoms with Gasteiger partial charge < -0.3 is 9.84 Å². The molecule has 0 aliphatic rings. The third-order valence-electron chi connectivity index (χ3n) is 4.67. The van der Waals surface area contributed by atoms with Gasteiger partial charge in [-0.25, -0.2) is 4.98 Å². The van der Waals surface area contributed by atoms with Crippen molar-refractivity contribution in [3.05, 3.63) is 58.0 Å². The molecule has 0 aliphatic carbocycles. The SMILES string of the molecule is Cc1nn(C)cc1-c1cc(C(=O)Nc2cccc(Cl)c2C)c2c(C)noc2n1. The number of benzene rings is 1. The van der Waals surface area contributed by atoms with Crippen LogP contribution in [0, 0.1) is 20.8 Å². The number of hydrogen-bond acceptors (Lipinski definition) is 5. The van der Waals surface area contributed by atoms with Gasteiger partial charge in [0.25, 0.3) is 11.6 Å². The van der Waals surface area contributed by atoms with Gasteiger partial charge in [-0.15, -0.1) is 0 Å². The van der Waals surface area contributed by atoms with Gasteiger partial charge in [0.05, 0.1) is 28.0 Å². The van der Waals surface area contributed by atoms with E-state index < -0.39 is 0 Å². The third-order valence-corrected chi connectivity index (χ3v) is 5.08. The van der Waals surface area contributed by atoms with E-state index in [-0.39, 0.29) is 5.91 Å². The molecular weight excluding hydrogens is 378 g/mol. The Labute approximate surface area is 166 Å². The van der Waals surface area contributed by atoms with Crippen LogP contribution >= 0.6 is 11.6 Å². The maximum atomic E-state index is 13.1. The molecule has 0 radical (unpaired) electrons. The number of carbonyl (C=O) groups is 1. The fourth-order valence-corrected chi connectivity index (χ4v) is 3.37. The number of nitrogens with zero attached hydrogens (tertiary/aromatic N) is 4. The van der Waals surface area contributed by atoms with Crippen molar-refractivity contribution in [2.24, 2.45) is 7.05 Å². The van der Waals surface area contributed by atoms with Gasteiger partial charge in [-0.3, -0.25) is 9.48 Å². The number of pyridine rings is 1. The number of carbonyl (C=O) groups excluding carboxylic acids is 1. The number of amides is 1. The molecule has 0 saturated carbocycles. The van der Waals surface area contributed by atoms with Crippen LogP contribution < -0.4 is 5.32 Å². The van der Waals surface area contributed by atoms with Crippen LogP contribution in [-0.2, 0) is 7.05 Å². The van der Waals surface area contributed by atoms with E-state index in [0.717, 1.165) is 16.8 Å². The van der Waals surface area contributed by atoms with Crippen molar-refractivity contribution in [3.8, 4) is 11.3 Å². The summed E-state index contributed by atoms with van der Waals surface area (Å²) in [5, 5.41) is 12.4. The molecule has 4 rings (SSSR count). The maximum Gasteiger partial charge on any atom is 0.259 e. The molecule has 3 heterocycles. The molecule has 0 saturated heterocycles. The van der Waals surface area contributed by atoms with Crippen molar-refractivity contribution in [2.75, 3.05) is 5.32 Å². The van der Waals surface area contributed by atoms with E-state index in [1.165, 1.54) is 0 Å². The Bertz CT molecular complexity index is 1230. The first-order valence-electron chi connectivity index (χ1n) is 8.69. The normalized spacial score (nSPS) is 11.2. The summed E-state index contributed by atoms with van der Waals surface area (Å²) in [5.74, 6) is -0.285. The molecule has 3 aromatic heterocycles. The molecule has 28 heavy (non-hydrogen) atoms. The predicted octanol–water partition coefficient (Wildman–Crippen LogP) is 4.45. The van der Waals surface area contributed by atoms with Crippen LogP contribution in [0.25, 0.3) is 22.4 Å². The van der Waals surface area contributed by atoms with Crippen molar-refractivity contribution in [3.63, 3.8) is 0 Å². The summed E-state index contributed by atoms with van der Waals surface area (Å²) < 4.78 is 7.06. The van der Waals surface area contributed by atoms with Gasteiger partial charge in [0.15, 0.2) is 0 Å². The van der Waals surface area contributed by atoms with Crippen molar-refractivity contribution in [1.82, 2.24) is 19.9 Å². The fraction of sp³-hybridized carbons (Fsp3) is 0.200. The van der Waals surface area contributed by atoms with E-state index in [9.17, 15) is 4.79 Å². The van der Waals surface area contributed by atoms with Crippen molar-refractivity contribution < 1.29 is 9.32 Å². The minimum absolute atomic E-state index is 0.285. The van der Waals surface area contributed by atoms with Crippen molar-refractivity contribution in [2.45, 2.75) is 20.8 Å². The number of fused-ring (bicyclic) bond motifs is 1. The molecule has 1 N–H and O–H groups in total. The zero-order valence-electron chi connectivity index (χ0n) is 15.9. The Morgan fingerprint density at radius 2 is 2.00 bits per heavy atom. The lowest BCUT2D eigenvalue weighted by molar-refractivity contribution is 0.102. The minimum atomic E-state index is -0.285. The Balaban J connectivity index is 1.85. The molecule has 0 spiro atoms. The predicted molar refractivity (Wildman–Crippen MR) is 108 cm³/mol. The summed E-state index contributed by atoms with van der Waals surface area (Å²) in [7, 11) is 1.84. The Kier molecular flexibility index (Phi) is 4.39. The van der Waals surface area contributed by atoms with Crippen LogP contribution in [0.3, 0.4) is 0 Å². The van der Waals surface area contributed by atoms with E-state index in [0.29, 0.717) is 38.8 Å². The molecule has 0 fully saturated rings. The minimum Gasteiger partial charge on any atom is -0.335 e. The molecule has 1 amide bonds. The van der Waals surface area contributed by atoms with Crippen molar-refractivity contribution >= 4 is 34.3 Å². The number of aromatic nitrogens is 4. The first kappa shape index (κ1) is 18.2. The van der Waals surface area contributed by atoms with Crippen molar-refractivity contribution in [1.29, 1.82) is 0 Å². The highest BCUT2D eigenvalue weighted by Gasteiger charge is 2.21. The molecule has 7 nitrogen and oxygen atoms in total. The monoisotopic (exact) mass is 395 g/mol. The summed E-state index contributed by atoms with van der Waals surface area (Å²) in [6.07, 6.45) is 1.86. The molecule has 0 unspecified atom stereocenters. The lowest BCUT2D eigenvalue weighted by Crippen LogP contribution is -2.14. The molecule has 0 bridgehead atoms. The van der Waals surface area contributed by atoms with Crippen LogP contribution in [0.1, 0.15) is 27.3 Å². The number of rotatable bonds is 3. The second-order valence-corrected chi connectivity index (χ2v) is 7.08. The first-order chi connectivity index (χ1) is 13.3. The van der Waals surface area contributed by atoms with Crippen LogP contribution in [0.15, 0.2) is 35.0 Å². The quantitative estimate of drug-likeness (QED) is 0.553. The summed E-state index contributed by atoms with van der Waals surface area (Å²) in [6, 6.07) is 7.13. The molecule has 4 aromatic rings. The van der Waals surface area contributed by atoms with Crippen LogP contribution in [0.2, 0.25) is 5.02 Å². The van der Waals surface area contributed by atoms with E-state index in [2.05, 4.69) is 20.6 Å². The number of anilines is 1. The van der Waals surface area contributed by atoms with E-state index in [1.54, 1.807) is 29.8 Å². The maximum absolute atomic E-state index is 13.1. The second kappa shape index (κ2) is 6.76. The second-order valence-electron chi connectivity index (χ2n) is 6.67. The molecule has 8 heteroatoms. The topological polar surface area (TPSA) is 85.8 Å². The van der Waals surface area contributed by atoms with Gasteiger partial charge in [-0.2, -0.15) is 5.10 Å². The molecule has 0 atom stereocenters. The molecule has 1 aromatic carbocycles. The number of hydrogen-bond donors (Lipinski definition) is 1. The van der Waals surface area contributed by atoms with Crippen LogP contribution in [0.4, 0.5) is 5.69 Å². The molecule has 0 aliphatic heterocycles. The first-order valence-corrected chi connectivity index (χ1v) is 9.07. The average Bonchev–Trinajstić information content (AvgIpc) is 3.20. The summed E-state index contributed by atoms with van der Waals surface area (Å²) in [6.45, 7) is 5.53. The smallest absolute Gasteiger partial charge is 0.259 e. The number of halogens is 1. The van der Waals surface area contributed by atoms with E-state index in [4.69, 9.17) is 16.1 Å². The van der Waals surface area contributed by atoms with E-state index in [1.807, 2.05) is 33.2 Å². The highest BCUT2D eigenvalue weighted by Crippen LogP contribution is 2.30. The summed E-state index contributed by atoms with van der Waals surface area (Å²) in [4.78, 5) is 17.7. The summed E-state index contributed by atoms with van der Waals surface area (Å²) >= 11 is 6.18. The fourth-order valence-electron chi connectivity index (χ4n) is 3.20. The number of nitrogens with one attached hydrogen (secondary N) is 1. The van der Waals surface area contributed by atoms with Gasteiger partial charge in [0, 0.05) is 29.5 Å². The number of aryl methyl sites for hydroxylation is 3. The Morgan fingerprint density at radius 3 is 2.71 bits per heavy atom. The van der Waals surface area contributed by atoms with Gasteiger partial charge in [-0.1, -0.05) is 22.8 Å². The standard InChI is InChI=1S/C20H18ClN5O2/c1-10-15(21)6-5-7-16(10)22-19(27)13-8-17(14-9-26(4)24-11(14)2)23-20-18(13)12(3)25-28-20/h5-9H,1-4H3,(H,22,27). The van der Waals surface area contributed by atoms with E-state index >= 15 is 0 Å². The lowest BCUT2D eigenvalue weighted by Gasteiger charge is -2.11. The Hall–Kier alpha value is -3.19. The zero-order valence-corrected chi connectivity index (χ0v) is 16.6. The molecule has 142 valence electrons. The van der Waals surface area contributed by atoms with Gasteiger partial charge in [0.1, 0.15) is 0 Å². The zero-order chi connectivity index (χ0) is 20.0. The highest BCUT2D eigenvalue weighted by molar-refractivity contribution is 6.31. The van der Waals surface area contributed by atoms with Gasteiger partial charge in [0.2, 0.25) is 0 Å². The third kappa shape index (κ3) is 3.03. The lowest BCUT2D eigenvalue weighted by atomic mass is 10.1. The van der Waals surface area contributed by atoms with Crippen LogP contribution in [0.5, 0.6) is 0 Å². The van der Waals surface area contributed by atoms with Crippen LogP contribution in [-0.4, -0.2) is 25.8 Å². The molecular formula is C20H18ClN5O2.